The van der Waals surface area contributed by atoms with Crippen molar-refractivity contribution in [3.8, 4) is 0 Å². The maximum absolute atomic E-state index is 10.9. The average Bonchev–Trinajstić information content (AvgIpc) is 1.93. The first kappa shape index (κ1) is 7.27. The molecular weight excluding hydrogens is 200 g/mol. The third-order valence-corrected chi connectivity index (χ3v) is 1.69. The van der Waals surface area contributed by atoms with E-state index in [1.54, 1.807) is 0 Å². The first-order valence-corrected chi connectivity index (χ1v) is 3.28. The monoisotopic (exact) mass is 204 g/mol. The predicted molar refractivity (Wildman–Crippen MR) is 40.3 cm³/mol. The molecule has 0 aliphatic rings. The summed E-state index contributed by atoms with van der Waals surface area (Å²) in [5, 5.41) is 0. The molecule has 0 N–H and O–H groups in total. The highest BCUT2D eigenvalue weighted by Crippen LogP contribution is 1.80. The van der Waals surface area contributed by atoms with Gasteiger partial charge in [-0.1, -0.05) is 0 Å². The van der Waals surface area contributed by atoms with Crippen LogP contribution in [0.25, 0.3) is 0 Å². The first-order valence-electron chi connectivity index (χ1n) is 2.58. The molecule has 0 fully saturated rings. The zero-order valence-electron chi connectivity index (χ0n) is 5.24. The van der Waals surface area contributed by atoms with Crippen LogP contribution in [0.3, 0.4) is 0 Å². The predicted octanol–water partition coefficient (Wildman–Crippen LogP) is -0.295. The van der Waals surface area contributed by atoms with Gasteiger partial charge in [-0.15, -0.1) is 0 Å². The van der Waals surface area contributed by atoms with E-state index in [-0.39, 0.29) is 11.2 Å². The van der Waals surface area contributed by atoms with E-state index in [2.05, 4.69) is 16.1 Å². The van der Waals surface area contributed by atoms with Crippen molar-refractivity contribution in [2.75, 3.05) is 0 Å². The van der Waals surface area contributed by atoms with Gasteiger partial charge in [0.2, 0.25) is 0 Å². The molecule has 0 aromatic carbocycles. The lowest BCUT2D eigenvalue weighted by atomic mass is 10.6. The molecule has 10 heavy (non-hydrogen) atoms. The lowest BCUT2D eigenvalue weighted by Crippen LogP contribution is -2.33. The summed E-state index contributed by atoms with van der Waals surface area (Å²) < 4.78 is 2.17. The van der Waals surface area contributed by atoms with Crippen LogP contribution in [-0.4, -0.2) is 8.16 Å². The largest absolute Gasteiger partial charge is 0.340 e. The van der Waals surface area contributed by atoms with Gasteiger partial charge in [0.25, 0.3) is 5.56 Å². The van der Waals surface area contributed by atoms with Crippen LogP contribution in [0.2, 0.25) is 0 Å². The molecule has 0 bridgehead atoms. The lowest BCUT2D eigenvalue weighted by Gasteiger charge is -1.95. The Morgan fingerprint density at radius 3 is 2.60 bits per heavy atom. The van der Waals surface area contributed by atoms with Crippen molar-refractivity contribution in [1.29, 1.82) is 0 Å². The maximum atomic E-state index is 10.9. The SMILES string of the molecule is Cn1c(=O)ccn(Br)c1=O. The summed E-state index contributed by atoms with van der Waals surface area (Å²) in [4.78, 5) is 21.6. The van der Waals surface area contributed by atoms with Crippen LogP contribution >= 0.6 is 16.1 Å². The molecule has 0 unspecified atom stereocenters. The Hall–Kier alpha value is -0.840. The molecule has 4 nitrogen and oxygen atoms in total. The fraction of sp³-hybridized carbons (Fsp3) is 0.200. The Bertz CT molecular complexity index is 351. The Morgan fingerprint density at radius 1 is 1.50 bits per heavy atom. The highest BCUT2D eigenvalue weighted by molar-refractivity contribution is 9.08. The zero-order chi connectivity index (χ0) is 7.72. The standard InChI is InChI=1S/C5H5BrN2O2/c1-7-4(9)2-3-8(6)5(7)10/h2-3H,1H3. The van der Waals surface area contributed by atoms with E-state index in [1.165, 1.54) is 19.3 Å². The molecule has 0 aliphatic carbocycles. The van der Waals surface area contributed by atoms with E-state index in [0.717, 1.165) is 8.16 Å². The minimum atomic E-state index is -0.382. The fourth-order valence-corrected chi connectivity index (χ4v) is 0.898. The van der Waals surface area contributed by atoms with Crippen LogP contribution in [0.1, 0.15) is 0 Å². The molecule has 1 heterocycles. The van der Waals surface area contributed by atoms with Crippen LogP contribution in [0, 0.1) is 0 Å². The van der Waals surface area contributed by atoms with Gasteiger partial charge in [-0.2, -0.15) is 0 Å². The number of aromatic nitrogens is 2. The summed E-state index contributed by atoms with van der Waals surface area (Å²) in [7, 11) is 1.42. The average molecular weight is 205 g/mol. The van der Waals surface area contributed by atoms with Gasteiger partial charge in [-0.3, -0.25) is 9.36 Å². The van der Waals surface area contributed by atoms with Gasteiger partial charge in [-0.25, -0.2) is 8.39 Å². The highest BCUT2D eigenvalue weighted by Gasteiger charge is 1.95. The van der Waals surface area contributed by atoms with Crippen molar-refractivity contribution in [2.24, 2.45) is 7.05 Å². The van der Waals surface area contributed by atoms with E-state index in [0.29, 0.717) is 0 Å². The summed E-state index contributed by atoms with van der Waals surface area (Å²) >= 11 is 2.92. The van der Waals surface area contributed by atoms with Gasteiger partial charge in [0, 0.05) is 19.3 Å². The van der Waals surface area contributed by atoms with Gasteiger partial charge >= 0.3 is 5.69 Å². The third kappa shape index (κ3) is 1.04. The molecule has 0 aliphatic heterocycles. The Morgan fingerprint density at radius 2 is 2.10 bits per heavy atom. The summed E-state index contributed by atoms with van der Waals surface area (Å²) in [6.07, 6.45) is 1.37. The summed E-state index contributed by atoms with van der Waals surface area (Å²) in [6, 6.07) is 1.30. The number of rotatable bonds is 0. The molecule has 1 aromatic rings. The molecule has 0 saturated carbocycles. The number of hydrogen-bond donors (Lipinski definition) is 0. The molecule has 0 radical (unpaired) electrons. The lowest BCUT2D eigenvalue weighted by molar-refractivity contribution is 0.764. The first-order chi connectivity index (χ1) is 4.63. The summed E-state index contributed by atoms with van der Waals surface area (Å²) in [6.45, 7) is 0. The van der Waals surface area contributed by atoms with Gasteiger partial charge in [-0.05, 0) is 0 Å². The van der Waals surface area contributed by atoms with Crippen molar-refractivity contribution in [2.45, 2.75) is 0 Å². The van der Waals surface area contributed by atoms with Gasteiger partial charge < -0.3 is 0 Å². The van der Waals surface area contributed by atoms with Crippen LogP contribution in [0.15, 0.2) is 21.9 Å². The van der Waals surface area contributed by atoms with Crippen LogP contribution in [0.5, 0.6) is 0 Å². The number of halogens is 1. The van der Waals surface area contributed by atoms with Gasteiger partial charge in [0.1, 0.15) is 0 Å². The normalized spacial score (nSPS) is 9.80. The minimum Gasteiger partial charge on any atom is -0.269 e. The fourth-order valence-electron chi connectivity index (χ4n) is 0.542. The van der Waals surface area contributed by atoms with Crippen molar-refractivity contribution in [3.05, 3.63) is 33.1 Å². The van der Waals surface area contributed by atoms with E-state index in [9.17, 15) is 9.59 Å². The Kier molecular flexibility index (Phi) is 1.76. The summed E-state index contributed by atoms with van der Waals surface area (Å²) in [5.41, 5.74) is -0.687. The molecule has 0 atom stereocenters. The molecule has 5 heteroatoms. The smallest absolute Gasteiger partial charge is 0.269 e. The van der Waals surface area contributed by atoms with E-state index in [4.69, 9.17) is 0 Å². The molecule has 1 aromatic heterocycles. The molecular formula is C5H5BrN2O2. The highest BCUT2D eigenvalue weighted by atomic mass is 79.9. The second-order valence-corrected chi connectivity index (χ2v) is 2.57. The van der Waals surface area contributed by atoms with Gasteiger partial charge in [0.15, 0.2) is 0 Å². The maximum Gasteiger partial charge on any atom is 0.340 e. The van der Waals surface area contributed by atoms with Crippen LogP contribution in [0.4, 0.5) is 0 Å². The van der Waals surface area contributed by atoms with Crippen molar-refractivity contribution in [3.63, 3.8) is 0 Å². The van der Waals surface area contributed by atoms with Crippen LogP contribution in [-0.2, 0) is 7.05 Å². The van der Waals surface area contributed by atoms with E-state index < -0.39 is 0 Å². The quantitative estimate of drug-likeness (QED) is 0.583. The van der Waals surface area contributed by atoms with Crippen molar-refractivity contribution in [1.82, 2.24) is 8.16 Å². The van der Waals surface area contributed by atoms with Crippen molar-refractivity contribution < 1.29 is 0 Å². The molecule has 0 spiro atoms. The van der Waals surface area contributed by atoms with E-state index in [1.807, 2.05) is 0 Å². The minimum absolute atomic E-state index is 0.305. The van der Waals surface area contributed by atoms with E-state index >= 15 is 0 Å². The second-order valence-electron chi connectivity index (χ2n) is 1.81. The number of nitrogens with zero attached hydrogens (tertiary/aromatic N) is 2. The topological polar surface area (TPSA) is 44.0 Å². The second kappa shape index (κ2) is 2.42. The summed E-state index contributed by atoms with van der Waals surface area (Å²) in [5.74, 6) is 0. The molecule has 54 valence electrons. The van der Waals surface area contributed by atoms with Crippen molar-refractivity contribution >= 4 is 16.1 Å². The third-order valence-electron chi connectivity index (χ3n) is 1.15. The Labute approximate surface area is 65.1 Å². The molecule has 0 saturated heterocycles. The Balaban J connectivity index is 3.66. The van der Waals surface area contributed by atoms with Crippen LogP contribution < -0.4 is 11.2 Å². The zero-order valence-corrected chi connectivity index (χ0v) is 6.83. The number of hydrogen-bond acceptors (Lipinski definition) is 2. The van der Waals surface area contributed by atoms with Gasteiger partial charge in [0.05, 0.1) is 16.1 Å². The molecule has 1 rings (SSSR count). The molecule has 0 amide bonds.